The van der Waals surface area contributed by atoms with E-state index in [0.29, 0.717) is 24.2 Å². The van der Waals surface area contributed by atoms with Crippen LogP contribution in [0, 0.1) is 5.82 Å². The number of benzene rings is 2. The van der Waals surface area contributed by atoms with Crippen LogP contribution < -0.4 is 26.4 Å². The lowest BCUT2D eigenvalue weighted by Gasteiger charge is -2.21. The summed E-state index contributed by atoms with van der Waals surface area (Å²) in [5, 5.41) is 29.7. The number of halogens is 1. The van der Waals surface area contributed by atoms with Gasteiger partial charge in [-0.15, -0.1) is 0 Å². The number of rotatable bonds is 8. The molecule has 1 fully saturated rings. The Morgan fingerprint density at radius 2 is 1.78 bits per heavy atom. The smallest absolute Gasteiger partial charge is 0.251 e. The second kappa shape index (κ2) is 11.2. The lowest BCUT2D eigenvalue weighted by Crippen LogP contribution is -2.51. The van der Waals surface area contributed by atoms with E-state index in [1.807, 2.05) is 0 Å². The first-order valence-electron chi connectivity index (χ1n) is 11.5. The molecule has 0 saturated carbocycles. The van der Waals surface area contributed by atoms with Crippen molar-refractivity contribution in [2.45, 2.75) is 24.6 Å². The minimum Gasteiger partial charge on any atom is -0.507 e. The molecule has 0 radical (unpaired) electrons. The Labute approximate surface area is 211 Å². The molecule has 194 valence electrons. The number of aromatic nitrogens is 2. The van der Waals surface area contributed by atoms with Crippen LogP contribution in [0.1, 0.15) is 33.2 Å². The first kappa shape index (κ1) is 25.8. The Kier molecular flexibility index (Phi) is 7.80. The minimum absolute atomic E-state index is 0.0741. The molecule has 11 nitrogen and oxygen atoms in total. The van der Waals surface area contributed by atoms with E-state index in [1.54, 1.807) is 0 Å². The summed E-state index contributed by atoms with van der Waals surface area (Å²) in [7, 11) is 1.28. The number of anilines is 1. The number of methoxy groups -OCH3 is 1. The molecule has 1 aromatic heterocycles. The van der Waals surface area contributed by atoms with Gasteiger partial charge in [-0.2, -0.15) is 0 Å². The number of aromatic hydroxyl groups is 1. The summed E-state index contributed by atoms with van der Waals surface area (Å²) in [5.41, 5.74) is 6.34. The standard InChI is InChI=1S/C25H27FN6O5/c1-37-19-7-6-18(33)21(22(19)26)23(35)14-2-4-15(5-3-14)24(36)32-17-12-28-11-16(17)31-20(34)8-13-9-29-25(27)30-10-13/h2-7,9-10,16-17,23,28,33,35H,8,11-12H2,1H3,(H,31,34)(H,32,36)(H2,27,29,30)/t16-,17-,23?/m1/s1. The average Bonchev–Trinajstić information content (AvgIpc) is 3.31. The Hall–Kier alpha value is -4.29. The van der Waals surface area contributed by atoms with Crippen molar-refractivity contribution in [3.05, 3.63) is 76.9 Å². The normalized spacial score (nSPS) is 17.7. The van der Waals surface area contributed by atoms with Gasteiger partial charge in [0, 0.05) is 31.0 Å². The van der Waals surface area contributed by atoms with Gasteiger partial charge in [-0.05, 0) is 35.4 Å². The van der Waals surface area contributed by atoms with Crippen molar-refractivity contribution in [2.24, 2.45) is 0 Å². The van der Waals surface area contributed by atoms with Crippen LogP contribution >= 0.6 is 0 Å². The molecule has 0 spiro atoms. The summed E-state index contributed by atoms with van der Waals surface area (Å²) < 4.78 is 19.5. The number of phenols is 1. The van der Waals surface area contributed by atoms with E-state index in [4.69, 9.17) is 10.5 Å². The van der Waals surface area contributed by atoms with Crippen molar-refractivity contribution < 1.29 is 28.9 Å². The van der Waals surface area contributed by atoms with Gasteiger partial charge in [0.1, 0.15) is 11.9 Å². The van der Waals surface area contributed by atoms with Crippen LogP contribution in [0.15, 0.2) is 48.8 Å². The molecule has 3 atom stereocenters. The SMILES string of the molecule is COc1ccc(O)c(C(O)c2ccc(C(=O)N[C@@H]3CNC[C@H]3NC(=O)Cc3cnc(N)nc3)cc2)c1F. The van der Waals surface area contributed by atoms with Crippen LogP contribution in [-0.2, 0) is 11.2 Å². The molecule has 1 aliphatic rings. The van der Waals surface area contributed by atoms with Crippen molar-refractivity contribution in [3.63, 3.8) is 0 Å². The van der Waals surface area contributed by atoms with Crippen LogP contribution in [0.4, 0.5) is 10.3 Å². The summed E-state index contributed by atoms with van der Waals surface area (Å²) in [6, 6.07) is 7.72. The highest BCUT2D eigenvalue weighted by molar-refractivity contribution is 5.94. The van der Waals surface area contributed by atoms with Crippen LogP contribution in [0.3, 0.4) is 0 Å². The number of phenolic OH excluding ortho intramolecular Hbond substituents is 1. The lowest BCUT2D eigenvalue weighted by molar-refractivity contribution is -0.121. The average molecular weight is 511 g/mol. The maximum atomic E-state index is 14.6. The number of carbonyl (C=O) groups is 2. The van der Waals surface area contributed by atoms with E-state index in [1.165, 1.54) is 55.9 Å². The van der Waals surface area contributed by atoms with Crippen molar-refractivity contribution in [3.8, 4) is 11.5 Å². The number of nitrogens with two attached hydrogens (primary N) is 1. The van der Waals surface area contributed by atoms with E-state index >= 15 is 0 Å². The summed E-state index contributed by atoms with van der Waals surface area (Å²) in [6.07, 6.45) is 1.57. The monoisotopic (exact) mass is 510 g/mol. The number of nitrogen functional groups attached to an aromatic ring is 1. The number of amides is 2. The highest BCUT2D eigenvalue weighted by atomic mass is 19.1. The van der Waals surface area contributed by atoms with Crippen molar-refractivity contribution in [1.29, 1.82) is 0 Å². The second-order valence-corrected chi connectivity index (χ2v) is 8.58. The maximum Gasteiger partial charge on any atom is 0.251 e. The molecule has 12 heteroatoms. The predicted octanol–water partition coefficient (Wildman–Crippen LogP) is 0.423. The zero-order valence-corrected chi connectivity index (χ0v) is 19.9. The molecule has 3 aromatic rings. The van der Waals surface area contributed by atoms with E-state index in [-0.39, 0.29) is 53.1 Å². The number of aliphatic hydroxyl groups is 1. The van der Waals surface area contributed by atoms with E-state index < -0.39 is 17.7 Å². The number of nitrogens with one attached hydrogen (secondary N) is 3. The molecule has 2 aromatic carbocycles. The topological polar surface area (TPSA) is 172 Å². The number of nitrogens with zero attached hydrogens (tertiary/aromatic N) is 2. The van der Waals surface area contributed by atoms with E-state index in [0.717, 1.165) is 0 Å². The first-order chi connectivity index (χ1) is 17.8. The maximum absolute atomic E-state index is 14.6. The molecule has 0 bridgehead atoms. The summed E-state index contributed by atoms with van der Waals surface area (Å²) in [5.74, 6) is -1.90. The van der Waals surface area contributed by atoms with Gasteiger partial charge in [0.15, 0.2) is 11.6 Å². The Bertz CT molecular complexity index is 1270. The number of hydrogen-bond acceptors (Lipinski definition) is 9. The molecule has 2 heterocycles. The summed E-state index contributed by atoms with van der Waals surface area (Å²) in [6.45, 7) is 0.947. The molecule has 1 unspecified atom stereocenters. The molecule has 37 heavy (non-hydrogen) atoms. The van der Waals surface area contributed by atoms with Gasteiger partial charge in [0.05, 0.1) is 31.2 Å². The van der Waals surface area contributed by atoms with Crippen molar-refractivity contribution >= 4 is 17.8 Å². The van der Waals surface area contributed by atoms with Gasteiger partial charge >= 0.3 is 0 Å². The second-order valence-electron chi connectivity index (χ2n) is 8.58. The van der Waals surface area contributed by atoms with E-state index in [2.05, 4.69) is 25.9 Å². The van der Waals surface area contributed by atoms with Crippen molar-refractivity contribution in [2.75, 3.05) is 25.9 Å². The molecular weight excluding hydrogens is 483 g/mol. The van der Waals surface area contributed by atoms with Crippen LogP contribution in [-0.4, -0.2) is 64.3 Å². The third-order valence-corrected chi connectivity index (χ3v) is 6.07. The van der Waals surface area contributed by atoms with Gasteiger partial charge < -0.3 is 36.6 Å². The quantitative estimate of drug-likeness (QED) is 0.251. The Balaban J connectivity index is 1.38. The Morgan fingerprint density at radius 1 is 1.14 bits per heavy atom. The summed E-state index contributed by atoms with van der Waals surface area (Å²) in [4.78, 5) is 33.0. The summed E-state index contributed by atoms with van der Waals surface area (Å²) >= 11 is 0. The fourth-order valence-corrected chi connectivity index (χ4v) is 4.10. The molecule has 7 N–H and O–H groups in total. The Morgan fingerprint density at radius 3 is 2.43 bits per heavy atom. The highest BCUT2D eigenvalue weighted by Crippen LogP contribution is 2.35. The van der Waals surface area contributed by atoms with Crippen LogP contribution in [0.2, 0.25) is 0 Å². The third kappa shape index (κ3) is 5.93. The molecule has 0 aliphatic carbocycles. The fraction of sp³-hybridized carbons (Fsp3) is 0.280. The molecule has 2 amide bonds. The number of hydrogen-bond donors (Lipinski definition) is 6. The third-order valence-electron chi connectivity index (χ3n) is 6.07. The van der Waals surface area contributed by atoms with Gasteiger partial charge in [0.25, 0.3) is 5.91 Å². The van der Waals surface area contributed by atoms with Gasteiger partial charge in [-0.1, -0.05) is 12.1 Å². The highest BCUT2D eigenvalue weighted by Gasteiger charge is 2.30. The first-order valence-corrected chi connectivity index (χ1v) is 11.5. The fourth-order valence-electron chi connectivity index (χ4n) is 4.10. The number of ether oxygens (including phenoxy) is 1. The zero-order valence-electron chi connectivity index (χ0n) is 19.9. The predicted molar refractivity (Wildman–Crippen MR) is 131 cm³/mol. The van der Waals surface area contributed by atoms with E-state index in [9.17, 15) is 24.2 Å². The number of aliphatic hydroxyl groups excluding tert-OH is 1. The molecular formula is C25H27FN6O5. The zero-order chi connectivity index (χ0) is 26.5. The van der Waals surface area contributed by atoms with Gasteiger partial charge in [0.2, 0.25) is 11.9 Å². The van der Waals surface area contributed by atoms with Gasteiger partial charge in [-0.25, -0.2) is 14.4 Å². The van der Waals surface area contributed by atoms with Crippen molar-refractivity contribution in [1.82, 2.24) is 25.9 Å². The largest absolute Gasteiger partial charge is 0.507 e. The number of carbonyl (C=O) groups excluding carboxylic acids is 2. The minimum atomic E-state index is -1.47. The van der Waals surface area contributed by atoms with Crippen LogP contribution in [0.5, 0.6) is 11.5 Å². The lowest BCUT2D eigenvalue weighted by atomic mass is 9.98. The molecule has 4 rings (SSSR count). The van der Waals surface area contributed by atoms with Gasteiger partial charge in [-0.3, -0.25) is 9.59 Å². The van der Waals surface area contributed by atoms with Crippen LogP contribution in [0.25, 0.3) is 0 Å². The molecule has 1 saturated heterocycles. The molecule has 1 aliphatic heterocycles.